The third kappa shape index (κ3) is 3.61. The van der Waals surface area contributed by atoms with Crippen LogP contribution >= 0.6 is 0 Å². The summed E-state index contributed by atoms with van der Waals surface area (Å²) in [4.78, 5) is 14.5. The highest BCUT2D eigenvalue weighted by molar-refractivity contribution is 5.74. The van der Waals surface area contributed by atoms with Crippen LogP contribution in [0.25, 0.3) is 0 Å². The molecule has 2 aliphatic carbocycles. The van der Waals surface area contributed by atoms with E-state index in [2.05, 4.69) is 39.8 Å². The number of nitrogens with one attached hydrogen (secondary N) is 3. The van der Waals surface area contributed by atoms with Gasteiger partial charge >= 0.3 is 6.03 Å². The summed E-state index contributed by atoms with van der Waals surface area (Å²) in [6, 6.07) is 1.09. The number of amides is 2. The molecule has 0 aliphatic heterocycles. The maximum atomic E-state index is 12.2. The Morgan fingerprint density at radius 3 is 2.91 bits per heavy atom. The van der Waals surface area contributed by atoms with Crippen LogP contribution in [0.1, 0.15) is 43.4 Å². The van der Waals surface area contributed by atoms with Crippen molar-refractivity contribution in [3.8, 4) is 0 Å². The lowest BCUT2D eigenvalue weighted by atomic mass is 9.90. The molecule has 6 heteroatoms. The average molecular weight is 305 g/mol. The van der Waals surface area contributed by atoms with Gasteiger partial charge in [-0.1, -0.05) is 0 Å². The summed E-state index contributed by atoms with van der Waals surface area (Å²) in [6.45, 7) is 0. The van der Waals surface area contributed by atoms with Gasteiger partial charge in [0.25, 0.3) is 0 Å². The van der Waals surface area contributed by atoms with E-state index in [0.29, 0.717) is 12.1 Å². The predicted octanol–water partition coefficient (Wildman–Crippen LogP) is 1.44. The number of carbonyl (C=O) groups excluding carboxylic acids is 1. The highest BCUT2D eigenvalue weighted by Crippen LogP contribution is 2.22. The second kappa shape index (κ2) is 6.69. The monoisotopic (exact) mass is 305 g/mol. The summed E-state index contributed by atoms with van der Waals surface area (Å²) in [6.07, 6.45) is 9.27. The summed E-state index contributed by atoms with van der Waals surface area (Å²) >= 11 is 0. The van der Waals surface area contributed by atoms with Crippen molar-refractivity contribution in [1.82, 2.24) is 25.7 Å². The third-order valence-corrected chi connectivity index (χ3v) is 5.06. The number of fused-ring (bicyclic) bond motifs is 1. The fourth-order valence-electron chi connectivity index (χ4n) is 3.72. The molecule has 2 aliphatic rings. The van der Waals surface area contributed by atoms with Crippen molar-refractivity contribution in [3.63, 3.8) is 0 Å². The summed E-state index contributed by atoms with van der Waals surface area (Å²) < 4.78 is 0. The molecular weight excluding hydrogens is 278 g/mol. The molecule has 1 heterocycles. The zero-order valence-electron chi connectivity index (χ0n) is 13.6. The van der Waals surface area contributed by atoms with Crippen LogP contribution in [0, 0.1) is 0 Å². The Bertz CT molecular complexity index is 512. The Morgan fingerprint density at radius 2 is 2.09 bits per heavy atom. The van der Waals surface area contributed by atoms with Gasteiger partial charge < -0.3 is 15.5 Å². The molecule has 3 N–H and O–H groups in total. The number of hydrogen-bond donors (Lipinski definition) is 3. The quantitative estimate of drug-likeness (QED) is 0.791. The highest BCUT2D eigenvalue weighted by atomic mass is 16.2. The first-order valence-corrected chi connectivity index (χ1v) is 8.36. The number of carbonyl (C=O) groups is 1. The lowest BCUT2D eigenvalue weighted by Gasteiger charge is -2.34. The topological polar surface area (TPSA) is 73.1 Å². The zero-order chi connectivity index (χ0) is 15.5. The molecule has 1 aromatic heterocycles. The molecule has 0 bridgehead atoms. The predicted molar refractivity (Wildman–Crippen MR) is 85.8 cm³/mol. The molecule has 0 unspecified atom stereocenters. The fourth-order valence-corrected chi connectivity index (χ4v) is 3.72. The van der Waals surface area contributed by atoms with Crippen LogP contribution in [0.5, 0.6) is 0 Å². The van der Waals surface area contributed by atoms with Crippen LogP contribution < -0.4 is 10.6 Å². The van der Waals surface area contributed by atoms with Crippen molar-refractivity contribution in [2.75, 3.05) is 14.1 Å². The second-order valence-electron chi connectivity index (χ2n) is 6.91. The van der Waals surface area contributed by atoms with Gasteiger partial charge in [-0.05, 0) is 64.6 Å². The van der Waals surface area contributed by atoms with Crippen LogP contribution in [0.4, 0.5) is 4.79 Å². The van der Waals surface area contributed by atoms with Gasteiger partial charge in [-0.3, -0.25) is 5.10 Å². The normalized spacial score (nSPS) is 28.2. The minimum Gasteiger partial charge on any atom is -0.335 e. The molecule has 1 saturated carbocycles. The number of nitrogens with zero attached hydrogens (tertiary/aromatic N) is 2. The lowest BCUT2D eigenvalue weighted by molar-refractivity contribution is 0.191. The van der Waals surface area contributed by atoms with Crippen LogP contribution in [0.3, 0.4) is 0 Å². The highest BCUT2D eigenvalue weighted by Gasteiger charge is 2.26. The zero-order valence-corrected chi connectivity index (χ0v) is 13.6. The number of aromatic amines is 1. The van der Waals surface area contributed by atoms with Gasteiger partial charge in [-0.2, -0.15) is 5.10 Å². The summed E-state index contributed by atoms with van der Waals surface area (Å²) in [5.74, 6) is 0. The van der Waals surface area contributed by atoms with Crippen molar-refractivity contribution in [2.45, 2.75) is 63.1 Å². The number of rotatable bonds is 3. The maximum absolute atomic E-state index is 12.2. The molecule has 0 radical (unpaired) electrons. The second-order valence-corrected chi connectivity index (χ2v) is 6.91. The molecule has 0 saturated heterocycles. The van der Waals surface area contributed by atoms with Crippen LogP contribution in [0.2, 0.25) is 0 Å². The van der Waals surface area contributed by atoms with Crippen molar-refractivity contribution >= 4 is 6.03 Å². The van der Waals surface area contributed by atoms with Crippen molar-refractivity contribution in [3.05, 3.63) is 17.5 Å². The van der Waals surface area contributed by atoms with E-state index in [-0.39, 0.29) is 12.1 Å². The molecule has 22 heavy (non-hydrogen) atoms. The van der Waals surface area contributed by atoms with Gasteiger partial charge in [-0.25, -0.2) is 4.79 Å². The van der Waals surface area contributed by atoms with E-state index in [1.807, 2.05) is 6.20 Å². The fraction of sp³-hybridized carbons (Fsp3) is 0.750. The van der Waals surface area contributed by atoms with E-state index in [9.17, 15) is 4.79 Å². The molecule has 3 rings (SSSR count). The first-order chi connectivity index (χ1) is 10.6. The molecule has 0 spiro atoms. The average Bonchev–Trinajstić information content (AvgIpc) is 2.95. The Kier molecular flexibility index (Phi) is 4.66. The third-order valence-electron chi connectivity index (χ3n) is 5.06. The minimum absolute atomic E-state index is 0.0126. The number of hydrogen-bond acceptors (Lipinski definition) is 3. The SMILES string of the molecule is CN(C)[C@@H]1CCC[C@@H](NC(=O)N[C@@H]2CCc3[nH]ncc3C2)C1. The van der Waals surface area contributed by atoms with Crippen molar-refractivity contribution in [1.29, 1.82) is 0 Å². The van der Waals surface area contributed by atoms with Crippen LogP contribution in [0.15, 0.2) is 6.20 Å². The Hall–Kier alpha value is -1.56. The molecule has 2 amide bonds. The Balaban J connectivity index is 1.47. The molecule has 1 aromatic rings. The van der Waals surface area contributed by atoms with Gasteiger partial charge in [0.1, 0.15) is 0 Å². The minimum atomic E-state index is -0.0126. The van der Waals surface area contributed by atoms with Crippen LogP contribution in [-0.4, -0.2) is 53.3 Å². The summed E-state index contributed by atoms with van der Waals surface area (Å²) in [5, 5.41) is 13.4. The van der Waals surface area contributed by atoms with Crippen molar-refractivity contribution < 1.29 is 4.79 Å². The lowest BCUT2D eigenvalue weighted by Crippen LogP contribution is -2.50. The molecule has 122 valence electrons. The number of urea groups is 1. The van der Waals surface area contributed by atoms with E-state index < -0.39 is 0 Å². The van der Waals surface area contributed by atoms with E-state index in [1.165, 1.54) is 24.1 Å². The van der Waals surface area contributed by atoms with Crippen LogP contribution in [-0.2, 0) is 12.8 Å². The molecule has 3 atom stereocenters. The molecule has 1 fully saturated rings. The van der Waals surface area contributed by atoms with Gasteiger partial charge in [0.05, 0.1) is 6.20 Å². The molecule has 6 nitrogen and oxygen atoms in total. The molecule has 0 aromatic carbocycles. The van der Waals surface area contributed by atoms with E-state index in [0.717, 1.165) is 32.1 Å². The Morgan fingerprint density at radius 1 is 1.27 bits per heavy atom. The molecular formula is C16H27N5O. The van der Waals surface area contributed by atoms with Gasteiger partial charge in [0.2, 0.25) is 0 Å². The smallest absolute Gasteiger partial charge is 0.315 e. The number of H-pyrrole nitrogens is 1. The Labute approximate surface area is 132 Å². The van der Waals surface area contributed by atoms with E-state index >= 15 is 0 Å². The largest absolute Gasteiger partial charge is 0.335 e. The first-order valence-electron chi connectivity index (χ1n) is 8.36. The van der Waals surface area contributed by atoms with Crippen molar-refractivity contribution in [2.24, 2.45) is 0 Å². The van der Waals surface area contributed by atoms with Gasteiger partial charge in [-0.15, -0.1) is 0 Å². The van der Waals surface area contributed by atoms with Gasteiger partial charge in [0.15, 0.2) is 0 Å². The van der Waals surface area contributed by atoms with Gasteiger partial charge in [0, 0.05) is 23.8 Å². The maximum Gasteiger partial charge on any atom is 0.315 e. The van der Waals surface area contributed by atoms with E-state index in [4.69, 9.17) is 0 Å². The summed E-state index contributed by atoms with van der Waals surface area (Å²) in [7, 11) is 4.25. The van der Waals surface area contributed by atoms with E-state index in [1.54, 1.807) is 0 Å². The number of aromatic nitrogens is 2. The summed E-state index contributed by atoms with van der Waals surface area (Å²) in [5.41, 5.74) is 2.46. The number of aryl methyl sites for hydroxylation is 1. The first kappa shape index (κ1) is 15.3. The standard InChI is InChI=1S/C16H27N5O/c1-21(2)14-5-3-4-12(9-14)18-16(22)19-13-6-7-15-11(8-13)10-17-20-15/h10,12-14H,3-9H2,1-2H3,(H,17,20)(H2,18,19,22)/t12-,13-,14-/m1/s1.